The maximum Gasteiger partial charge on any atom is 0.0603 e. The van der Waals surface area contributed by atoms with E-state index in [0.29, 0.717) is 23.0 Å². The minimum Gasteiger partial charge on any atom is -0.375 e. The molecule has 0 bridgehead atoms. The predicted octanol–water partition coefficient (Wildman–Crippen LogP) is 5.41. The smallest absolute Gasteiger partial charge is 0.0603 e. The van der Waals surface area contributed by atoms with Gasteiger partial charge in [0, 0.05) is 57.9 Å². The lowest BCUT2D eigenvalue weighted by Crippen LogP contribution is -2.61. The molecule has 4 heteroatoms. The first kappa shape index (κ1) is 24.5. The van der Waals surface area contributed by atoms with E-state index in [1.54, 1.807) is 0 Å². The molecule has 0 amide bonds. The Labute approximate surface area is 204 Å². The molecule has 5 rings (SSSR count). The van der Waals surface area contributed by atoms with Crippen molar-refractivity contribution in [1.29, 1.82) is 0 Å². The van der Waals surface area contributed by atoms with Crippen LogP contribution in [-0.2, 0) is 4.74 Å². The number of ether oxygens (including phenoxy) is 1. The van der Waals surface area contributed by atoms with Crippen molar-refractivity contribution >= 4 is 0 Å². The summed E-state index contributed by atoms with van der Waals surface area (Å²) in [5.74, 6) is 0.849. The van der Waals surface area contributed by atoms with Gasteiger partial charge < -0.3 is 14.5 Å². The number of likely N-dealkylation sites (tertiary alicyclic amines) is 3. The second kappa shape index (κ2) is 10.1. The highest BCUT2D eigenvalue weighted by molar-refractivity contribution is 5.00. The Balaban J connectivity index is 0.970. The summed E-state index contributed by atoms with van der Waals surface area (Å²) < 4.78 is 6.66. The van der Waals surface area contributed by atoms with E-state index < -0.39 is 0 Å². The SMILES string of the molecule is CC(C)CC1(CN2CCC(OC3CCN(C4CCC5(CC4)CN(C(C)C)C5)CC3)CC2)CC1. The second-order valence-corrected chi connectivity index (χ2v) is 13.7. The number of rotatable bonds is 8. The Morgan fingerprint density at radius 3 is 1.85 bits per heavy atom. The van der Waals surface area contributed by atoms with Crippen LogP contribution in [0.3, 0.4) is 0 Å². The van der Waals surface area contributed by atoms with Gasteiger partial charge in [0.15, 0.2) is 0 Å². The Hall–Kier alpha value is -0.160. The maximum absolute atomic E-state index is 6.66. The van der Waals surface area contributed by atoms with Gasteiger partial charge in [-0.15, -0.1) is 0 Å². The van der Waals surface area contributed by atoms with E-state index >= 15 is 0 Å². The van der Waals surface area contributed by atoms with Crippen LogP contribution in [-0.4, -0.2) is 84.8 Å². The van der Waals surface area contributed by atoms with Crippen molar-refractivity contribution < 1.29 is 4.74 Å². The summed E-state index contributed by atoms with van der Waals surface area (Å²) in [5.41, 5.74) is 1.37. The fourth-order valence-corrected chi connectivity index (χ4v) is 7.87. The van der Waals surface area contributed by atoms with Crippen molar-refractivity contribution in [2.24, 2.45) is 16.7 Å². The van der Waals surface area contributed by atoms with E-state index in [-0.39, 0.29) is 0 Å². The molecule has 0 aromatic rings. The normalized spacial score (nSPS) is 30.4. The van der Waals surface area contributed by atoms with E-state index in [0.717, 1.165) is 18.0 Å². The highest BCUT2D eigenvalue weighted by atomic mass is 16.5. The molecule has 0 unspecified atom stereocenters. The summed E-state index contributed by atoms with van der Waals surface area (Å²) in [5, 5.41) is 0. The van der Waals surface area contributed by atoms with Gasteiger partial charge in [0.1, 0.15) is 0 Å². The molecule has 0 aromatic carbocycles. The summed E-state index contributed by atoms with van der Waals surface area (Å²) >= 11 is 0. The minimum atomic E-state index is 0.523. The van der Waals surface area contributed by atoms with Crippen LogP contribution in [0.2, 0.25) is 0 Å². The zero-order valence-corrected chi connectivity index (χ0v) is 22.4. The highest BCUT2D eigenvalue weighted by Crippen LogP contribution is 2.51. The summed E-state index contributed by atoms with van der Waals surface area (Å²) in [7, 11) is 0. The molecule has 190 valence electrons. The molecule has 33 heavy (non-hydrogen) atoms. The zero-order chi connectivity index (χ0) is 23.1. The Kier molecular flexibility index (Phi) is 7.49. The van der Waals surface area contributed by atoms with Crippen LogP contribution in [0.4, 0.5) is 0 Å². The van der Waals surface area contributed by atoms with Crippen molar-refractivity contribution in [3.05, 3.63) is 0 Å². The van der Waals surface area contributed by atoms with E-state index in [2.05, 4.69) is 42.4 Å². The molecule has 0 N–H and O–H groups in total. The van der Waals surface area contributed by atoms with E-state index in [1.807, 2.05) is 0 Å². The van der Waals surface area contributed by atoms with Gasteiger partial charge in [-0.3, -0.25) is 4.90 Å². The van der Waals surface area contributed by atoms with Gasteiger partial charge in [0.2, 0.25) is 0 Å². The van der Waals surface area contributed by atoms with E-state index in [4.69, 9.17) is 4.74 Å². The molecule has 3 aliphatic heterocycles. The molecule has 2 saturated carbocycles. The zero-order valence-electron chi connectivity index (χ0n) is 22.4. The molecule has 5 aliphatic rings. The fraction of sp³-hybridized carbons (Fsp3) is 1.00. The van der Waals surface area contributed by atoms with Crippen LogP contribution in [0, 0.1) is 16.7 Å². The second-order valence-electron chi connectivity index (χ2n) is 13.7. The largest absolute Gasteiger partial charge is 0.375 e. The quantitative estimate of drug-likeness (QED) is 0.483. The van der Waals surface area contributed by atoms with Gasteiger partial charge in [-0.25, -0.2) is 0 Å². The average molecular weight is 460 g/mol. The van der Waals surface area contributed by atoms with Gasteiger partial charge in [-0.1, -0.05) is 13.8 Å². The highest BCUT2D eigenvalue weighted by Gasteiger charge is 2.47. The molecule has 3 saturated heterocycles. The molecular formula is C29H53N3O. The predicted molar refractivity (Wildman–Crippen MR) is 138 cm³/mol. The van der Waals surface area contributed by atoms with Crippen LogP contribution in [0.1, 0.15) is 98.3 Å². The van der Waals surface area contributed by atoms with Gasteiger partial charge in [-0.05, 0) is 101 Å². The lowest BCUT2D eigenvalue weighted by Gasteiger charge is -2.56. The Morgan fingerprint density at radius 2 is 1.33 bits per heavy atom. The van der Waals surface area contributed by atoms with Gasteiger partial charge >= 0.3 is 0 Å². The third-order valence-corrected chi connectivity index (χ3v) is 10.1. The molecular weight excluding hydrogens is 406 g/mol. The molecule has 1 spiro atoms. The van der Waals surface area contributed by atoms with Crippen LogP contribution < -0.4 is 0 Å². The van der Waals surface area contributed by atoms with Crippen molar-refractivity contribution in [3.8, 4) is 0 Å². The van der Waals surface area contributed by atoms with Crippen molar-refractivity contribution in [1.82, 2.24) is 14.7 Å². The number of piperidine rings is 2. The minimum absolute atomic E-state index is 0.523. The lowest BCUT2D eigenvalue weighted by atomic mass is 9.66. The standard InChI is InChI=1S/C29H53N3O/c1-23(2)19-28(13-14-28)20-30-15-7-26(8-16-30)33-27-9-17-31(18-10-27)25-5-11-29(12-6-25)21-32(22-29)24(3)4/h23-27H,5-22H2,1-4H3. The molecule has 2 aliphatic carbocycles. The third-order valence-electron chi connectivity index (χ3n) is 10.1. The molecule has 0 aromatic heterocycles. The topological polar surface area (TPSA) is 19.0 Å². The monoisotopic (exact) mass is 459 g/mol. The first-order valence-corrected chi connectivity index (χ1v) is 14.7. The van der Waals surface area contributed by atoms with Crippen LogP contribution in [0.5, 0.6) is 0 Å². The Bertz CT molecular complexity index is 613. The molecule has 0 atom stereocenters. The van der Waals surface area contributed by atoms with E-state index in [1.165, 1.54) is 116 Å². The first-order valence-electron chi connectivity index (χ1n) is 14.7. The number of nitrogens with zero attached hydrogens (tertiary/aromatic N) is 3. The van der Waals surface area contributed by atoms with Crippen molar-refractivity contribution in [2.75, 3.05) is 45.8 Å². The summed E-state index contributed by atoms with van der Waals surface area (Å²) in [6, 6.07) is 1.59. The lowest BCUT2D eigenvalue weighted by molar-refractivity contribution is -0.0838. The number of hydrogen-bond acceptors (Lipinski definition) is 4. The first-order chi connectivity index (χ1) is 15.8. The molecule has 4 nitrogen and oxygen atoms in total. The van der Waals surface area contributed by atoms with Crippen molar-refractivity contribution in [2.45, 2.75) is 123 Å². The van der Waals surface area contributed by atoms with Crippen LogP contribution in [0.25, 0.3) is 0 Å². The molecule has 0 radical (unpaired) electrons. The fourth-order valence-electron chi connectivity index (χ4n) is 7.87. The van der Waals surface area contributed by atoms with Gasteiger partial charge in [0.25, 0.3) is 0 Å². The maximum atomic E-state index is 6.66. The molecule has 3 heterocycles. The summed E-state index contributed by atoms with van der Waals surface area (Å²) in [4.78, 5) is 8.26. The van der Waals surface area contributed by atoms with Crippen molar-refractivity contribution in [3.63, 3.8) is 0 Å². The Morgan fingerprint density at radius 1 is 0.758 bits per heavy atom. The van der Waals surface area contributed by atoms with E-state index in [9.17, 15) is 0 Å². The average Bonchev–Trinajstić information content (AvgIpc) is 3.52. The van der Waals surface area contributed by atoms with Gasteiger partial charge in [-0.2, -0.15) is 0 Å². The summed E-state index contributed by atoms with van der Waals surface area (Å²) in [6.07, 6.45) is 16.3. The number of hydrogen-bond donors (Lipinski definition) is 0. The van der Waals surface area contributed by atoms with Crippen LogP contribution in [0.15, 0.2) is 0 Å². The molecule has 5 fully saturated rings. The summed E-state index contributed by atoms with van der Waals surface area (Å²) in [6.45, 7) is 18.7. The van der Waals surface area contributed by atoms with Crippen LogP contribution >= 0.6 is 0 Å². The third kappa shape index (κ3) is 5.98. The van der Waals surface area contributed by atoms with Gasteiger partial charge in [0.05, 0.1) is 12.2 Å².